The van der Waals surface area contributed by atoms with Gasteiger partial charge in [-0.2, -0.15) is 0 Å². The molecule has 0 saturated carbocycles. The quantitative estimate of drug-likeness (QED) is 0.448. The first kappa shape index (κ1) is 14.0. The fourth-order valence-electron chi connectivity index (χ4n) is 1.84. The summed E-state index contributed by atoms with van der Waals surface area (Å²) in [6.45, 7) is 1.32. The number of urea groups is 1. The molecule has 0 aromatic rings. The molecule has 20 heavy (non-hydrogen) atoms. The van der Waals surface area contributed by atoms with Crippen molar-refractivity contribution in [3.63, 3.8) is 0 Å². The van der Waals surface area contributed by atoms with E-state index in [2.05, 4.69) is 25.3 Å². The van der Waals surface area contributed by atoms with Crippen LogP contribution in [0.5, 0.6) is 0 Å². The summed E-state index contributed by atoms with van der Waals surface area (Å²) in [5.74, 6) is -0.599. The number of hydrogen-bond donors (Lipinski definition) is 4. The average molecular weight is 279 g/mol. The van der Waals surface area contributed by atoms with Crippen LogP contribution in [0.15, 0.2) is 20.0 Å². The number of nitrogens with two attached hydrogens (primary N) is 2. The van der Waals surface area contributed by atoms with Crippen LogP contribution in [0.25, 0.3) is 0 Å². The molecule has 0 aromatic heterocycles. The van der Waals surface area contributed by atoms with Gasteiger partial charge in [0.05, 0.1) is 6.10 Å². The Kier molecular flexibility index (Phi) is 3.42. The molecule has 2 aliphatic heterocycles. The highest BCUT2D eigenvalue weighted by molar-refractivity contribution is 6.54. The molecule has 10 nitrogen and oxygen atoms in total. The van der Waals surface area contributed by atoms with Gasteiger partial charge in [-0.05, 0) is 6.92 Å². The predicted molar refractivity (Wildman–Crippen MR) is 72.0 cm³/mol. The highest BCUT2D eigenvalue weighted by Gasteiger charge is 2.48. The van der Waals surface area contributed by atoms with Crippen LogP contribution in [0.2, 0.25) is 0 Å². The number of carbonyl (C=O) groups excluding carboxylic acids is 2. The minimum Gasteiger partial charge on any atom is -0.391 e. The summed E-state index contributed by atoms with van der Waals surface area (Å²) in [6, 6.07) is -2.29. The van der Waals surface area contributed by atoms with Crippen molar-refractivity contribution in [2.24, 2.45) is 31.4 Å². The van der Waals surface area contributed by atoms with Gasteiger partial charge in [0.1, 0.15) is 24.4 Å². The van der Waals surface area contributed by atoms with E-state index >= 15 is 0 Å². The zero-order chi connectivity index (χ0) is 14.9. The van der Waals surface area contributed by atoms with E-state index in [0.717, 1.165) is 6.34 Å². The van der Waals surface area contributed by atoms with E-state index in [9.17, 15) is 14.7 Å². The topological polar surface area (TPSA) is 168 Å². The molecular formula is C10H13N7O3. The number of amidine groups is 1. The van der Waals surface area contributed by atoms with Crippen molar-refractivity contribution in [2.45, 2.75) is 24.7 Å². The third kappa shape index (κ3) is 2.21. The standard InChI is InChI=1S/C10H13N7O3/c1-4(18)5(17-9(11)20)7(19)10(12)6-8(14-2-13-6)15-3-16-10/h2-5,18H,12H2,1H3,(H3,11,17,20). The van der Waals surface area contributed by atoms with Crippen molar-refractivity contribution in [1.29, 1.82) is 0 Å². The molecule has 0 aromatic carbocycles. The van der Waals surface area contributed by atoms with Gasteiger partial charge in [0.25, 0.3) is 0 Å². The van der Waals surface area contributed by atoms with Crippen molar-refractivity contribution in [2.75, 3.05) is 0 Å². The Labute approximate surface area is 113 Å². The van der Waals surface area contributed by atoms with Gasteiger partial charge in [0.15, 0.2) is 5.84 Å². The molecule has 3 atom stereocenters. The van der Waals surface area contributed by atoms with Gasteiger partial charge in [0, 0.05) is 0 Å². The summed E-state index contributed by atoms with van der Waals surface area (Å²) in [4.78, 5) is 38.7. The first-order chi connectivity index (χ1) is 9.36. The van der Waals surface area contributed by atoms with Crippen LogP contribution in [0, 0.1) is 0 Å². The minimum absolute atomic E-state index is 0.0573. The lowest BCUT2D eigenvalue weighted by Gasteiger charge is -2.30. The van der Waals surface area contributed by atoms with Crippen LogP contribution in [0.3, 0.4) is 0 Å². The Morgan fingerprint density at radius 3 is 2.70 bits per heavy atom. The Balaban J connectivity index is 2.34. The summed E-state index contributed by atoms with van der Waals surface area (Å²) in [5.41, 5.74) is 9.12. The van der Waals surface area contributed by atoms with Gasteiger partial charge >= 0.3 is 6.03 Å². The number of aliphatic hydroxyl groups excluding tert-OH is 1. The number of ketones is 1. The van der Waals surface area contributed by atoms with Crippen LogP contribution < -0.4 is 16.8 Å². The maximum atomic E-state index is 12.5. The Hall–Kier alpha value is -2.46. The van der Waals surface area contributed by atoms with E-state index in [-0.39, 0.29) is 11.5 Å². The first-order valence-electron chi connectivity index (χ1n) is 5.66. The molecule has 6 N–H and O–H groups in total. The van der Waals surface area contributed by atoms with E-state index in [1.54, 1.807) is 0 Å². The number of carbonyl (C=O) groups is 2. The monoisotopic (exact) mass is 279 g/mol. The molecule has 2 amide bonds. The Bertz CT molecular complexity index is 577. The lowest BCUT2D eigenvalue weighted by molar-refractivity contribution is -0.125. The maximum absolute atomic E-state index is 12.5. The van der Waals surface area contributed by atoms with E-state index in [0.29, 0.717) is 0 Å². The number of nitrogens with one attached hydrogen (secondary N) is 1. The number of nitrogens with zero attached hydrogens (tertiary/aromatic N) is 4. The lowest BCUT2D eigenvalue weighted by Crippen LogP contribution is -2.65. The molecule has 2 aliphatic rings. The summed E-state index contributed by atoms with van der Waals surface area (Å²) >= 11 is 0. The number of aliphatic hydroxyl groups is 1. The maximum Gasteiger partial charge on any atom is 0.312 e. The molecule has 3 unspecified atom stereocenters. The number of Topliss-reactive ketones (excluding diaryl/α,β-unsaturated/α-hetero) is 1. The van der Waals surface area contributed by atoms with Gasteiger partial charge in [0.2, 0.25) is 11.4 Å². The van der Waals surface area contributed by atoms with Crippen molar-refractivity contribution in [3.8, 4) is 0 Å². The van der Waals surface area contributed by atoms with Gasteiger partial charge in [-0.1, -0.05) is 0 Å². The predicted octanol–water partition coefficient (Wildman–Crippen LogP) is -2.45. The second-order valence-corrected chi connectivity index (χ2v) is 4.28. The van der Waals surface area contributed by atoms with Crippen molar-refractivity contribution >= 4 is 36.0 Å². The fraction of sp³-hybridized carbons (Fsp3) is 0.400. The highest BCUT2D eigenvalue weighted by atomic mass is 16.3. The molecule has 2 heterocycles. The summed E-state index contributed by atoms with van der Waals surface area (Å²) in [6.07, 6.45) is 1.06. The molecule has 0 fully saturated rings. The van der Waals surface area contributed by atoms with Gasteiger partial charge < -0.3 is 16.2 Å². The number of amides is 2. The Morgan fingerprint density at radius 2 is 2.10 bits per heavy atom. The number of fused-ring (bicyclic) bond motifs is 1. The second kappa shape index (κ2) is 4.90. The molecule has 0 aliphatic carbocycles. The normalized spacial score (nSPS) is 26.4. The average Bonchev–Trinajstić information content (AvgIpc) is 2.84. The van der Waals surface area contributed by atoms with Crippen LogP contribution >= 0.6 is 0 Å². The lowest BCUT2D eigenvalue weighted by atomic mass is 9.91. The molecule has 106 valence electrons. The highest BCUT2D eigenvalue weighted by Crippen LogP contribution is 2.19. The third-order valence-electron chi connectivity index (χ3n) is 2.82. The largest absolute Gasteiger partial charge is 0.391 e. The number of rotatable bonds is 4. The zero-order valence-corrected chi connectivity index (χ0v) is 10.5. The molecule has 0 saturated heterocycles. The molecular weight excluding hydrogens is 266 g/mol. The molecule has 0 radical (unpaired) electrons. The van der Waals surface area contributed by atoms with Crippen LogP contribution in [0.4, 0.5) is 4.79 Å². The molecule has 0 bridgehead atoms. The number of hydrogen-bond acceptors (Lipinski definition) is 8. The minimum atomic E-state index is -1.88. The van der Waals surface area contributed by atoms with Crippen LogP contribution in [-0.4, -0.2) is 59.0 Å². The SMILES string of the molecule is CC(O)C(NC(N)=O)C(=O)C1(N)N=CN=C2N=CN=C21. The van der Waals surface area contributed by atoms with Crippen molar-refractivity contribution in [3.05, 3.63) is 0 Å². The van der Waals surface area contributed by atoms with Gasteiger partial charge in [-0.3, -0.25) is 10.5 Å². The molecule has 10 heteroatoms. The van der Waals surface area contributed by atoms with Crippen LogP contribution in [-0.2, 0) is 4.79 Å². The van der Waals surface area contributed by atoms with E-state index in [1.807, 2.05) is 0 Å². The summed E-state index contributed by atoms with van der Waals surface area (Å²) < 4.78 is 0. The third-order valence-corrected chi connectivity index (χ3v) is 2.82. The summed E-state index contributed by atoms with van der Waals surface area (Å²) in [5, 5.41) is 11.7. The van der Waals surface area contributed by atoms with Gasteiger partial charge in [-0.15, -0.1) is 0 Å². The zero-order valence-electron chi connectivity index (χ0n) is 10.5. The molecule has 0 spiro atoms. The van der Waals surface area contributed by atoms with E-state index in [1.165, 1.54) is 13.3 Å². The van der Waals surface area contributed by atoms with Crippen molar-refractivity contribution in [1.82, 2.24) is 5.32 Å². The molecule has 2 rings (SSSR count). The van der Waals surface area contributed by atoms with Crippen LogP contribution in [0.1, 0.15) is 6.92 Å². The first-order valence-corrected chi connectivity index (χ1v) is 5.66. The summed E-state index contributed by atoms with van der Waals surface area (Å²) in [7, 11) is 0. The van der Waals surface area contributed by atoms with E-state index in [4.69, 9.17) is 11.5 Å². The fourth-order valence-corrected chi connectivity index (χ4v) is 1.84. The Morgan fingerprint density at radius 1 is 1.40 bits per heavy atom. The number of aliphatic imine (C=N–C) groups is 4. The second-order valence-electron chi connectivity index (χ2n) is 4.28. The smallest absolute Gasteiger partial charge is 0.312 e. The van der Waals surface area contributed by atoms with Gasteiger partial charge in [-0.25, -0.2) is 24.8 Å². The number of primary amides is 1. The van der Waals surface area contributed by atoms with Crippen molar-refractivity contribution < 1.29 is 14.7 Å². The van der Waals surface area contributed by atoms with E-state index < -0.39 is 29.6 Å².